The zero-order valence-electron chi connectivity index (χ0n) is 7.99. The number of halogens is 5. The van der Waals surface area contributed by atoms with Crippen molar-refractivity contribution >= 4 is 0 Å². The lowest BCUT2D eigenvalue weighted by Gasteiger charge is -2.15. The van der Waals surface area contributed by atoms with Gasteiger partial charge in [0.05, 0.1) is 0 Å². The van der Waals surface area contributed by atoms with Crippen molar-refractivity contribution in [1.82, 2.24) is 4.98 Å². The van der Waals surface area contributed by atoms with Crippen LogP contribution in [0.3, 0.4) is 0 Å². The molecular formula is C9H8F5N. The molecule has 0 amide bonds. The molecule has 0 radical (unpaired) electrons. The van der Waals surface area contributed by atoms with Gasteiger partial charge in [-0.3, -0.25) is 4.98 Å². The summed E-state index contributed by atoms with van der Waals surface area (Å²) in [5.41, 5.74) is -1.91. The van der Waals surface area contributed by atoms with E-state index in [-0.39, 0.29) is 5.56 Å². The first-order valence-corrected chi connectivity index (χ1v) is 4.04. The van der Waals surface area contributed by atoms with Crippen LogP contribution in [0.25, 0.3) is 0 Å². The maximum absolute atomic E-state index is 12.9. The third-order valence-electron chi connectivity index (χ3n) is 1.87. The van der Waals surface area contributed by atoms with Crippen LogP contribution in [-0.2, 0) is 12.1 Å². The first kappa shape index (κ1) is 11.9. The maximum Gasteiger partial charge on any atom is 0.433 e. The van der Waals surface area contributed by atoms with Gasteiger partial charge in [0.25, 0.3) is 5.92 Å². The molecule has 0 aliphatic heterocycles. The van der Waals surface area contributed by atoms with Crippen LogP contribution >= 0.6 is 0 Å². The Kier molecular flexibility index (Phi) is 2.71. The van der Waals surface area contributed by atoms with Gasteiger partial charge in [0.15, 0.2) is 0 Å². The van der Waals surface area contributed by atoms with Gasteiger partial charge in [0.1, 0.15) is 5.69 Å². The Hall–Kier alpha value is -1.20. The third kappa shape index (κ3) is 2.64. The number of hydrogen-bond donors (Lipinski definition) is 0. The second kappa shape index (κ2) is 3.43. The van der Waals surface area contributed by atoms with Crippen molar-refractivity contribution in [2.24, 2.45) is 0 Å². The summed E-state index contributed by atoms with van der Waals surface area (Å²) in [5, 5.41) is 0. The molecular weight excluding hydrogens is 217 g/mol. The van der Waals surface area contributed by atoms with Gasteiger partial charge >= 0.3 is 6.18 Å². The Morgan fingerprint density at radius 1 is 1.13 bits per heavy atom. The molecule has 0 saturated heterocycles. The molecule has 1 heterocycles. The average Bonchev–Trinajstić information content (AvgIpc) is 2.00. The molecule has 15 heavy (non-hydrogen) atoms. The normalized spacial score (nSPS) is 13.0. The predicted molar refractivity (Wildman–Crippen MR) is 43.5 cm³/mol. The minimum atomic E-state index is -4.70. The highest BCUT2D eigenvalue weighted by Gasteiger charge is 2.35. The molecule has 0 fully saturated rings. The molecule has 0 N–H and O–H groups in total. The zero-order valence-corrected chi connectivity index (χ0v) is 7.99. The van der Waals surface area contributed by atoms with E-state index >= 15 is 0 Å². The largest absolute Gasteiger partial charge is 0.433 e. The van der Waals surface area contributed by atoms with Crippen LogP contribution in [0.2, 0.25) is 0 Å². The van der Waals surface area contributed by atoms with Crippen LogP contribution < -0.4 is 0 Å². The predicted octanol–water partition coefficient (Wildman–Crippen LogP) is 3.52. The molecule has 0 saturated carbocycles. The molecule has 0 atom stereocenters. The SMILES string of the molecule is Cc1cnc(C(F)(F)F)cc1C(C)(F)F. The summed E-state index contributed by atoms with van der Waals surface area (Å²) in [6.45, 7) is 1.84. The van der Waals surface area contributed by atoms with Crippen molar-refractivity contribution in [2.45, 2.75) is 25.9 Å². The summed E-state index contributed by atoms with van der Waals surface area (Å²) >= 11 is 0. The number of pyridine rings is 1. The summed E-state index contributed by atoms with van der Waals surface area (Å²) in [4.78, 5) is 3.07. The molecule has 1 nitrogen and oxygen atoms in total. The molecule has 0 spiro atoms. The zero-order chi connectivity index (χ0) is 11.9. The maximum atomic E-state index is 12.9. The standard InChI is InChI=1S/C9H8F5N/c1-5-4-15-7(9(12,13)14)3-6(5)8(2,10)11/h3-4H,1-2H3. The van der Waals surface area contributed by atoms with E-state index < -0.39 is 23.4 Å². The third-order valence-corrected chi connectivity index (χ3v) is 1.87. The quantitative estimate of drug-likeness (QED) is 0.666. The Morgan fingerprint density at radius 2 is 1.67 bits per heavy atom. The lowest BCUT2D eigenvalue weighted by Crippen LogP contribution is -2.14. The van der Waals surface area contributed by atoms with Crippen molar-refractivity contribution < 1.29 is 22.0 Å². The van der Waals surface area contributed by atoms with E-state index in [1.54, 1.807) is 0 Å². The van der Waals surface area contributed by atoms with Crippen LogP contribution in [0.5, 0.6) is 0 Å². The molecule has 1 rings (SSSR count). The summed E-state index contributed by atoms with van der Waals surface area (Å²) in [7, 11) is 0. The fraction of sp³-hybridized carbons (Fsp3) is 0.444. The summed E-state index contributed by atoms with van der Waals surface area (Å²) in [6, 6.07) is 0.384. The van der Waals surface area contributed by atoms with Gasteiger partial charge in [-0.25, -0.2) is 8.78 Å². The number of hydrogen-bond acceptors (Lipinski definition) is 1. The lowest BCUT2D eigenvalue weighted by molar-refractivity contribution is -0.141. The van der Waals surface area contributed by atoms with Crippen LogP contribution in [0.15, 0.2) is 12.3 Å². The van der Waals surface area contributed by atoms with Crippen molar-refractivity contribution in [2.75, 3.05) is 0 Å². The van der Waals surface area contributed by atoms with Crippen LogP contribution in [0, 0.1) is 6.92 Å². The molecule has 0 aliphatic carbocycles. The van der Waals surface area contributed by atoms with Gasteiger partial charge in [0, 0.05) is 18.7 Å². The number of aromatic nitrogens is 1. The van der Waals surface area contributed by atoms with Crippen molar-refractivity contribution in [3.8, 4) is 0 Å². The molecule has 0 unspecified atom stereocenters. The smallest absolute Gasteiger partial charge is 0.251 e. The fourth-order valence-electron chi connectivity index (χ4n) is 1.15. The van der Waals surface area contributed by atoms with Crippen molar-refractivity contribution in [3.63, 3.8) is 0 Å². The first-order valence-electron chi connectivity index (χ1n) is 4.04. The fourth-order valence-corrected chi connectivity index (χ4v) is 1.15. The Balaban J connectivity index is 3.30. The minimum absolute atomic E-state index is 0.0375. The van der Waals surface area contributed by atoms with E-state index in [1.165, 1.54) is 6.92 Å². The van der Waals surface area contributed by atoms with Gasteiger partial charge < -0.3 is 0 Å². The van der Waals surface area contributed by atoms with Crippen LogP contribution in [0.4, 0.5) is 22.0 Å². The number of nitrogens with zero attached hydrogens (tertiary/aromatic N) is 1. The second-order valence-corrected chi connectivity index (χ2v) is 3.27. The van der Waals surface area contributed by atoms with Crippen LogP contribution in [-0.4, -0.2) is 4.98 Å². The molecule has 0 aromatic carbocycles. The highest BCUT2D eigenvalue weighted by atomic mass is 19.4. The monoisotopic (exact) mass is 225 g/mol. The van der Waals surface area contributed by atoms with Crippen molar-refractivity contribution in [3.05, 3.63) is 29.1 Å². The summed E-state index contributed by atoms with van der Waals surface area (Å²) < 4.78 is 62.3. The molecule has 1 aromatic rings. The molecule has 0 bridgehead atoms. The van der Waals surface area contributed by atoms with E-state index in [2.05, 4.69) is 4.98 Å². The lowest BCUT2D eigenvalue weighted by atomic mass is 10.0. The van der Waals surface area contributed by atoms with E-state index in [1.807, 2.05) is 0 Å². The van der Waals surface area contributed by atoms with Gasteiger partial charge in [-0.15, -0.1) is 0 Å². The average molecular weight is 225 g/mol. The molecule has 1 aromatic heterocycles. The summed E-state index contributed by atoms with van der Waals surface area (Å²) in [6.07, 6.45) is -3.90. The highest BCUT2D eigenvalue weighted by molar-refractivity contribution is 5.30. The van der Waals surface area contributed by atoms with Gasteiger partial charge in [-0.05, 0) is 18.6 Å². The highest BCUT2D eigenvalue weighted by Crippen LogP contribution is 2.34. The Bertz CT molecular complexity index is 364. The minimum Gasteiger partial charge on any atom is -0.251 e. The summed E-state index contributed by atoms with van der Waals surface area (Å²) in [5.74, 6) is -3.30. The van der Waals surface area contributed by atoms with Gasteiger partial charge in [0.2, 0.25) is 0 Å². The first-order chi connectivity index (χ1) is 6.62. The second-order valence-electron chi connectivity index (χ2n) is 3.27. The van der Waals surface area contributed by atoms with E-state index in [4.69, 9.17) is 0 Å². The number of alkyl halides is 5. The molecule has 84 valence electrons. The topological polar surface area (TPSA) is 12.9 Å². The van der Waals surface area contributed by atoms with Gasteiger partial charge in [-0.1, -0.05) is 0 Å². The number of rotatable bonds is 1. The van der Waals surface area contributed by atoms with Crippen LogP contribution in [0.1, 0.15) is 23.7 Å². The van der Waals surface area contributed by atoms with Gasteiger partial charge in [-0.2, -0.15) is 13.2 Å². The van der Waals surface area contributed by atoms with E-state index in [9.17, 15) is 22.0 Å². The van der Waals surface area contributed by atoms with Crippen molar-refractivity contribution in [1.29, 1.82) is 0 Å². The van der Waals surface area contributed by atoms with E-state index in [0.717, 1.165) is 6.20 Å². The Labute approximate surface area is 82.9 Å². The molecule has 0 aliphatic rings. The molecule has 6 heteroatoms. The van der Waals surface area contributed by atoms with E-state index in [0.29, 0.717) is 13.0 Å². The Morgan fingerprint density at radius 3 is 2.07 bits per heavy atom. The number of aryl methyl sites for hydroxylation is 1.